The van der Waals surface area contributed by atoms with Gasteiger partial charge < -0.3 is 9.47 Å². The zero-order valence-electron chi connectivity index (χ0n) is 17.7. The lowest BCUT2D eigenvalue weighted by molar-refractivity contribution is -0.187. The van der Waals surface area contributed by atoms with E-state index < -0.39 is 23.8 Å². The van der Waals surface area contributed by atoms with Gasteiger partial charge in [-0.05, 0) is 41.0 Å². The molecular formula is C26H23F4NO2. The highest BCUT2D eigenvalue weighted by atomic mass is 19.4. The van der Waals surface area contributed by atoms with Crippen molar-refractivity contribution in [3.63, 3.8) is 0 Å². The van der Waals surface area contributed by atoms with Gasteiger partial charge in [-0.1, -0.05) is 60.7 Å². The van der Waals surface area contributed by atoms with Gasteiger partial charge in [0.05, 0.1) is 24.5 Å². The van der Waals surface area contributed by atoms with E-state index in [-0.39, 0.29) is 11.6 Å². The quantitative estimate of drug-likeness (QED) is 0.314. The Kier molecular flexibility index (Phi) is 7.11. The van der Waals surface area contributed by atoms with E-state index in [1.54, 1.807) is 0 Å². The van der Waals surface area contributed by atoms with Crippen LogP contribution >= 0.6 is 0 Å². The zero-order chi connectivity index (χ0) is 23.3. The maximum atomic E-state index is 13.7. The van der Waals surface area contributed by atoms with Crippen LogP contribution in [0, 0.1) is 5.82 Å². The number of ether oxygens (including phenoxy) is 2. The summed E-state index contributed by atoms with van der Waals surface area (Å²) in [6.07, 6.45) is -2.74. The second-order valence-electron chi connectivity index (χ2n) is 7.76. The molecular weight excluding hydrogens is 434 g/mol. The minimum Gasteiger partial charge on any atom is -0.470 e. The smallest absolute Gasteiger partial charge is 0.416 e. The first-order chi connectivity index (χ1) is 15.9. The van der Waals surface area contributed by atoms with E-state index in [1.807, 2.05) is 48.5 Å². The molecule has 0 amide bonds. The Morgan fingerprint density at radius 3 is 2.36 bits per heavy atom. The lowest BCUT2D eigenvalue weighted by Crippen LogP contribution is -2.45. The van der Waals surface area contributed by atoms with Crippen molar-refractivity contribution in [1.82, 2.24) is 4.90 Å². The molecule has 1 aliphatic rings. The molecule has 7 heteroatoms. The van der Waals surface area contributed by atoms with Crippen LogP contribution in [0.3, 0.4) is 0 Å². The van der Waals surface area contributed by atoms with E-state index in [4.69, 9.17) is 9.47 Å². The maximum Gasteiger partial charge on any atom is 0.416 e. The highest BCUT2D eigenvalue weighted by Crippen LogP contribution is 2.33. The molecule has 3 aromatic rings. The van der Waals surface area contributed by atoms with E-state index in [0.29, 0.717) is 25.8 Å². The molecule has 0 N–H and O–H groups in total. The topological polar surface area (TPSA) is 21.7 Å². The van der Waals surface area contributed by atoms with Gasteiger partial charge in [-0.25, -0.2) is 4.39 Å². The summed E-state index contributed by atoms with van der Waals surface area (Å²) in [5, 5.41) is 0. The highest BCUT2D eigenvalue weighted by Gasteiger charge is 2.35. The van der Waals surface area contributed by atoms with E-state index in [1.165, 1.54) is 12.3 Å². The standard InChI is InChI=1S/C26H23F4NO2/c27-23-16-20(15-22(17-23)26(28,29)30)11-13-32-25-24(21-9-5-2-6-10-21)31(12-14-33-25)18-19-7-3-1-4-8-19/h1-11,13,15-17,24-25H,12,14,18H2/t24-,25-/m0/s1. The summed E-state index contributed by atoms with van der Waals surface area (Å²) in [4.78, 5) is 2.25. The summed E-state index contributed by atoms with van der Waals surface area (Å²) in [7, 11) is 0. The Labute approximate surface area is 189 Å². The molecule has 1 fully saturated rings. The van der Waals surface area contributed by atoms with Crippen LogP contribution in [-0.4, -0.2) is 24.3 Å². The van der Waals surface area contributed by atoms with E-state index in [0.717, 1.165) is 23.3 Å². The molecule has 1 saturated heterocycles. The first-order valence-corrected chi connectivity index (χ1v) is 10.5. The maximum absolute atomic E-state index is 13.7. The molecule has 3 nitrogen and oxygen atoms in total. The lowest BCUT2D eigenvalue weighted by atomic mass is 10.0. The van der Waals surface area contributed by atoms with Crippen molar-refractivity contribution >= 4 is 6.08 Å². The normalized spacial score (nSPS) is 19.6. The fraction of sp³-hybridized carbons (Fsp3) is 0.231. The first-order valence-electron chi connectivity index (χ1n) is 10.5. The average molecular weight is 457 g/mol. The highest BCUT2D eigenvalue weighted by molar-refractivity contribution is 5.50. The number of alkyl halides is 3. The Balaban J connectivity index is 1.55. The Morgan fingerprint density at radius 1 is 0.970 bits per heavy atom. The first kappa shape index (κ1) is 23.0. The second kappa shape index (κ2) is 10.2. The fourth-order valence-corrected chi connectivity index (χ4v) is 3.88. The molecule has 4 rings (SSSR count). The van der Waals surface area contributed by atoms with Crippen molar-refractivity contribution in [2.75, 3.05) is 13.2 Å². The minimum absolute atomic E-state index is 0.0514. The van der Waals surface area contributed by atoms with Crippen molar-refractivity contribution in [3.05, 3.63) is 113 Å². The molecule has 0 saturated carbocycles. The number of nitrogens with zero attached hydrogens (tertiary/aromatic N) is 1. The van der Waals surface area contributed by atoms with Crippen LogP contribution in [0.25, 0.3) is 6.08 Å². The Morgan fingerprint density at radius 2 is 1.67 bits per heavy atom. The van der Waals surface area contributed by atoms with Crippen LogP contribution in [0.1, 0.15) is 28.3 Å². The van der Waals surface area contributed by atoms with Crippen LogP contribution < -0.4 is 0 Å². The summed E-state index contributed by atoms with van der Waals surface area (Å²) in [5.74, 6) is -0.963. The van der Waals surface area contributed by atoms with E-state index in [2.05, 4.69) is 17.0 Å². The molecule has 0 bridgehead atoms. The fourth-order valence-electron chi connectivity index (χ4n) is 3.88. The molecule has 0 spiro atoms. The van der Waals surface area contributed by atoms with Gasteiger partial charge in [-0.2, -0.15) is 13.2 Å². The van der Waals surface area contributed by atoms with Gasteiger partial charge in [-0.15, -0.1) is 0 Å². The monoisotopic (exact) mass is 457 g/mol. The van der Waals surface area contributed by atoms with Gasteiger partial charge in [0.25, 0.3) is 0 Å². The van der Waals surface area contributed by atoms with Crippen LogP contribution in [0.2, 0.25) is 0 Å². The van der Waals surface area contributed by atoms with Crippen molar-refractivity contribution in [1.29, 1.82) is 0 Å². The molecule has 1 aliphatic heterocycles. The molecule has 2 atom stereocenters. The van der Waals surface area contributed by atoms with Crippen LogP contribution in [0.15, 0.2) is 85.1 Å². The molecule has 0 aliphatic carbocycles. The lowest BCUT2D eigenvalue weighted by Gasteiger charge is -2.40. The minimum atomic E-state index is -4.63. The summed E-state index contributed by atoms with van der Waals surface area (Å²) >= 11 is 0. The predicted molar refractivity (Wildman–Crippen MR) is 117 cm³/mol. The second-order valence-corrected chi connectivity index (χ2v) is 7.76. The number of morpholine rings is 1. The number of halogens is 4. The third-order valence-electron chi connectivity index (χ3n) is 5.40. The summed E-state index contributed by atoms with van der Waals surface area (Å²) < 4.78 is 64.3. The van der Waals surface area contributed by atoms with E-state index >= 15 is 0 Å². The largest absolute Gasteiger partial charge is 0.470 e. The van der Waals surface area contributed by atoms with Crippen LogP contribution in [0.5, 0.6) is 0 Å². The number of hydrogen-bond donors (Lipinski definition) is 0. The third kappa shape index (κ3) is 6.00. The zero-order valence-corrected chi connectivity index (χ0v) is 17.7. The summed E-state index contributed by atoms with van der Waals surface area (Å²) in [6.45, 7) is 1.82. The van der Waals surface area contributed by atoms with Gasteiger partial charge in [0.15, 0.2) is 0 Å². The molecule has 172 valence electrons. The van der Waals surface area contributed by atoms with Gasteiger partial charge in [-0.3, -0.25) is 4.90 Å². The third-order valence-corrected chi connectivity index (χ3v) is 5.40. The Hall–Kier alpha value is -3.16. The number of benzene rings is 3. The van der Waals surface area contributed by atoms with Gasteiger partial charge in [0.2, 0.25) is 6.29 Å². The summed E-state index contributed by atoms with van der Waals surface area (Å²) in [5.41, 5.74) is 1.15. The van der Waals surface area contributed by atoms with Crippen molar-refractivity contribution in [2.45, 2.75) is 25.1 Å². The molecule has 33 heavy (non-hydrogen) atoms. The average Bonchev–Trinajstić information content (AvgIpc) is 2.80. The Bertz CT molecular complexity index is 1070. The number of hydrogen-bond acceptors (Lipinski definition) is 3. The molecule has 0 unspecified atom stereocenters. The van der Waals surface area contributed by atoms with Gasteiger partial charge >= 0.3 is 6.18 Å². The van der Waals surface area contributed by atoms with Crippen LogP contribution in [0.4, 0.5) is 17.6 Å². The molecule has 0 radical (unpaired) electrons. The number of rotatable bonds is 6. The summed E-state index contributed by atoms with van der Waals surface area (Å²) in [6, 6.07) is 21.9. The van der Waals surface area contributed by atoms with Gasteiger partial charge in [0.1, 0.15) is 5.82 Å². The van der Waals surface area contributed by atoms with Crippen molar-refractivity contribution in [3.8, 4) is 0 Å². The molecule has 0 aromatic heterocycles. The van der Waals surface area contributed by atoms with Crippen LogP contribution in [-0.2, 0) is 22.2 Å². The van der Waals surface area contributed by atoms with Crippen molar-refractivity contribution < 1.29 is 27.0 Å². The molecule has 1 heterocycles. The van der Waals surface area contributed by atoms with Gasteiger partial charge in [0, 0.05) is 13.1 Å². The van der Waals surface area contributed by atoms with Crippen molar-refractivity contribution in [2.24, 2.45) is 0 Å². The predicted octanol–water partition coefficient (Wildman–Crippen LogP) is 6.43. The SMILES string of the molecule is Fc1cc(C=CO[C@H]2OCCN(Cc3ccccc3)[C@H]2c2ccccc2)cc(C(F)(F)F)c1. The molecule has 3 aromatic carbocycles. The van der Waals surface area contributed by atoms with E-state index in [9.17, 15) is 17.6 Å².